The molecule has 0 bridgehead atoms. The smallest absolute Gasteiger partial charge is 0.368 e. The first kappa shape index (κ1) is 15.6. The summed E-state index contributed by atoms with van der Waals surface area (Å²) in [5.41, 5.74) is -0.795. The van der Waals surface area contributed by atoms with Crippen molar-refractivity contribution >= 4 is 0 Å². The third kappa shape index (κ3) is 3.78. The van der Waals surface area contributed by atoms with Gasteiger partial charge in [0.05, 0.1) is 5.60 Å². The zero-order valence-electron chi connectivity index (χ0n) is 10.2. The Labute approximate surface area is 103 Å². The Kier molecular flexibility index (Phi) is 4.94. The van der Waals surface area contributed by atoms with E-state index >= 15 is 0 Å². The number of rotatable bonds is 7. The first-order valence-electron chi connectivity index (χ1n) is 6.02. The van der Waals surface area contributed by atoms with Crippen LogP contribution in [0.1, 0.15) is 32.6 Å². The molecule has 18 heavy (non-hydrogen) atoms. The lowest BCUT2D eigenvalue weighted by molar-refractivity contribution is -0.309. The van der Waals surface area contributed by atoms with E-state index in [1.54, 1.807) is 0 Å². The van der Waals surface area contributed by atoms with Gasteiger partial charge in [0.25, 0.3) is 0 Å². The average molecular weight is 275 g/mol. The molecule has 0 atom stereocenters. The molecule has 1 rings (SSSR count). The molecule has 1 aliphatic carbocycles. The van der Waals surface area contributed by atoms with E-state index in [0.29, 0.717) is 25.8 Å². The Hall–Kier alpha value is -0.430. The van der Waals surface area contributed by atoms with Crippen LogP contribution in [0.3, 0.4) is 0 Å². The predicted octanol–water partition coefficient (Wildman–Crippen LogP) is 3.12. The molecule has 0 saturated heterocycles. The van der Waals surface area contributed by atoms with Crippen molar-refractivity contribution in [3.63, 3.8) is 0 Å². The lowest BCUT2D eigenvalue weighted by Gasteiger charge is -2.42. The third-order valence-corrected chi connectivity index (χ3v) is 3.25. The summed E-state index contributed by atoms with van der Waals surface area (Å²) in [4.78, 5) is 0. The molecule has 0 aromatic carbocycles. The van der Waals surface area contributed by atoms with Gasteiger partial charge in [-0.25, -0.2) is 0 Å². The van der Waals surface area contributed by atoms with E-state index in [1.165, 1.54) is 0 Å². The highest BCUT2D eigenvalue weighted by atomic mass is 19.4. The summed E-state index contributed by atoms with van der Waals surface area (Å²) in [6.07, 6.45) is -3.17. The van der Waals surface area contributed by atoms with Crippen LogP contribution in [0.5, 0.6) is 0 Å². The maximum atomic E-state index is 12.7. The van der Waals surface area contributed by atoms with Crippen LogP contribution < -0.4 is 5.32 Å². The van der Waals surface area contributed by atoms with Crippen LogP contribution in [-0.2, 0) is 4.74 Å². The first-order valence-corrected chi connectivity index (χ1v) is 6.02. The summed E-state index contributed by atoms with van der Waals surface area (Å²) in [5, 5.41) is 3.01. The summed E-state index contributed by atoms with van der Waals surface area (Å²) >= 11 is 0. The van der Waals surface area contributed by atoms with Crippen molar-refractivity contribution in [1.82, 2.24) is 5.32 Å². The molecule has 0 aromatic heterocycles. The largest absolute Gasteiger partial charge is 0.455 e. The molecule has 1 fully saturated rings. The van der Waals surface area contributed by atoms with E-state index in [2.05, 4.69) is 5.32 Å². The van der Waals surface area contributed by atoms with E-state index in [1.807, 2.05) is 6.92 Å². The minimum absolute atomic E-state index is 0.467. The Morgan fingerprint density at radius 2 is 1.78 bits per heavy atom. The molecular weight excluding hydrogens is 257 g/mol. The SMILES string of the molecule is CCNCCC1(OCC(F)(F)C(F)(F)F)CCC1. The lowest BCUT2D eigenvalue weighted by Crippen LogP contribution is -2.48. The van der Waals surface area contributed by atoms with Crippen LogP contribution in [0.25, 0.3) is 0 Å². The summed E-state index contributed by atoms with van der Waals surface area (Å²) in [6, 6.07) is 0. The van der Waals surface area contributed by atoms with Crippen LogP contribution in [0, 0.1) is 0 Å². The van der Waals surface area contributed by atoms with Gasteiger partial charge in [-0.1, -0.05) is 6.92 Å². The fourth-order valence-corrected chi connectivity index (χ4v) is 1.86. The van der Waals surface area contributed by atoms with Crippen molar-refractivity contribution in [2.24, 2.45) is 0 Å². The highest BCUT2D eigenvalue weighted by molar-refractivity contribution is 4.91. The average Bonchev–Trinajstić information content (AvgIpc) is 2.19. The van der Waals surface area contributed by atoms with Crippen molar-refractivity contribution in [2.75, 3.05) is 19.7 Å². The van der Waals surface area contributed by atoms with E-state index in [9.17, 15) is 22.0 Å². The van der Waals surface area contributed by atoms with Crippen molar-refractivity contribution in [1.29, 1.82) is 0 Å². The summed E-state index contributed by atoms with van der Waals surface area (Å²) in [7, 11) is 0. The fraction of sp³-hybridized carbons (Fsp3) is 1.00. The Morgan fingerprint density at radius 1 is 1.17 bits per heavy atom. The van der Waals surface area contributed by atoms with Crippen molar-refractivity contribution < 1.29 is 26.7 Å². The summed E-state index contributed by atoms with van der Waals surface area (Å²) < 4.78 is 66.4. The standard InChI is InChI=1S/C11H18F5NO/c1-2-17-7-6-9(4-3-5-9)18-8-10(12,13)11(14,15)16/h17H,2-8H2,1H3. The van der Waals surface area contributed by atoms with Crippen molar-refractivity contribution in [3.8, 4) is 0 Å². The van der Waals surface area contributed by atoms with Gasteiger partial charge in [0, 0.05) is 0 Å². The number of ether oxygens (including phenoxy) is 1. The zero-order valence-corrected chi connectivity index (χ0v) is 10.2. The van der Waals surface area contributed by atoms with Gasteiger partial charge in [-0.05, 0) is 38.8 Å². The van der Waals surface area contributed by atoms with Crippen LogP contribution >= 0.6 is 0 Å². The molecule has 1 N–H and O–H groups in total. The van der Waals surface area contributed by atoms with Gasteiger partial charge >= 0.3 is 12.1 Å². The first-order chi connectivity index (χ1) is 8.22. The summed E-state index contributed by atoms with van der Waals surface area (Å²) in [6.45, 7) is 1.61. The van der Waals surface area contributed by atoms with E-state index in [-0.39, 0.29) is 0 Å². The predicted molar refractivity (Wildman–Crippen MR) is 56.7 cm³/mol. The van der Waals surface area contributed by atoms with E-state index < -0.39 is 24.3 Å². The molecule has 0 spiro atoms. The molecule has 0 amide bonds. The molecule has 0 heterocycles. The van der Waals surface area contributed by atoms with Gasteiger partial charge in [-0.2, -0.15) is 22.0 Å². The van der Waals surface area contributed by atoms with E-state index in [4.69, 9.17) is 4.74 Å². The van der Waals surface area contributed by atoms with Gasteiger partial charge in [-0.15, -0.1) is 0 Å². The molecular formula is C11H18F5NO. The molecule has 2 nitrogen and oxygen atoms in total. The minimum Gasteiger partial charge on any atom is -0.368 e. The quantitative estimate of drug-likeness (QED) is 0.569. The van der Waals surface area contributed by atoms with Crippen molar-refractivity contribution in [3.05, 3.63) is 0 Å². The molecule has 1 aliphatic rings. The molecule has 0 radical (unpaired) electrons. The number of nitrogens with one attached hydrogen (secondary N) is 1. The molecule has 1 saturated carbocycles. The number of hydrogen-bond donors (Lipinski definition) is 1. The maximum Gasteiger partial charge on any atom is 0.455 e. The van der Waals surface area contributed by atoms with E-state index in [0.717, 1.165) is 13.0 Å². The van der Waals surface area contributed by atoms with Gasteiger partial charge in [0.15, 0.2) is 0 Å². The topological polar surface area (TPSA) is 21.3 Å². The van der Waals surface area contributed by atoms with Gasteiger partial charge in [0.1, 0.15) is 6.61 Å². The van der Waals surface area contributed by atoms with Crippen LogP contribution in [-0.4, -0.2) is 37.4 Å². The summed E-state index contributed by atoms with van der Waals surface area (Å²) in [5.74, 6) is -4.77. The monoisotopic (exact) mass is 275 g/mol. The minimum atomic E-state index is -5.54. The van der Waals surface area contributed by atoms with Gasteiger partial charge in [-0.3, -0.25) is 0 Å². The molecule has 0 aliphatic heterocycles. The highest BCUT2D eigenvalue weighted by Crippen LogP contribution is 2.42. The van der Waals surface area contributed by atoms with Gasteiger partial charge in [0.2, 0.25) is 0 Å². The Bertz CT molecular complexity index is 263. The Balaban J connectivity index is 2.44. The second-order valence-electron chi connectivity index (χ2n) is 4.63. The zero-order chi connectivity index (χ0) is 13.9. The number of halogens is 5. The number of hydrogen-bond acceptors (Lipinski definition) is 2. The second-order valence-corrected chi connectivity index (χ2v) is 4.63. The normalized spacial score (nSPS) is 19.7. The maximum absolute atomic E-state index is 12.7. The molecule has 7 heteroatoms. The second kappa shape index (κ2) is 5.69. The van der Waals surface area contributed by atoms with Crippen LogP contribution in [0.4, 0.5) is 22.0 Å². The molecule has 0 unspecified atom stereocenters. The molecule has 0 aromatic rings. The van der Waals surface area contributed by atoms with Crippen LogP contribution in [0.15, 0.2) is 0 Å². The highest BCUT2D eigenvalue weighted by Gasteiger charge is 2.58. The fourth-order valence-electron chi connectivity index (χ4n) is 1.86. The van der Waals surface area contributed by atoms with Crippen molar-refractivity contribution in [2.45, 2.75) is 50.3 Å². The lowest BCUT2D eigenvalue weighted by atomic mass is 9.77. The third-order valence-electron chi connectivity index (χ3n) is 3.25. The molecule has 108 valence electrons. The van der Waals surface area contributed by atoms with Crippen LogP contribution in [0.2, 0.25) is 0 Å². The number of alkyl halides is 5. The van der Waals surface area contributed by atoms with Gasteiger partial charge < -0.3 is 10.1 Å². The Morgan fingerprint density at radius 3 is 2.17 bits per heavy atom.